The molecule has 1 aliphatic rings. The van der Waals surface area contributed by atoms with E-state index in [9.17, 15) is 0 Å². The summed E-state index contributed by atoms with van der Waals surface area (Å²) in [7, 11) is 1.56. The number of aromatic nitrogens is 2. The Balaban J connectivity index is 1.82. The lowest BCUT2D eigenvalue weighted by Crippen LogP contribution is -2.22. The third-order valence-corrected chi connectivity index (χ3v) is 2.93. The van der Waals surface area contributed by atoms with E-state index in [4.69, 9.17) is 19.5 Å². The van der Waals surface area contributed by atoms with Gasteiger partial charge in [-0.05, 0) is 6.07 Å². The molecule has 2 aromatic rings. The van der Waals surface area contributed by atoms with Crippen LogP contribution in [0.25, 0.3) is 0 Å². The summed E-state index contributed by atoms with van der Waals surface area (Å²) in [4.78, 5) is 8.22. The number of rotatable bonds is 2. The van der Waals surface area contributed by atoms with Crippen LogP contribution in [0.4, 0.5) is 0 Å². The van der Waals surface area contributed by atoms with E-state index in [0.717, 1.165) is 5.56 Å². The van der Waals surface area contributed by atoms with Crippen molar-refractivity contribution in [1.82, 2.24) is 9.97 Å². The average Bonchev–Trinajstić information content (AvgIpc) is 2.54. The minimum atomic E-state index is -0.277. The zero-order valence-electron chi connectivity index (χ0n) is 10.7. The molecule has 3 heterocycles. The summed E-state index contributed by atoms with van der Waals surface area (Å²) >= 11 is 0. The SMILES string of the molecule is COc1ccc([C@H]2COc3cc(C#N)cnc3O2)cn1. The summed E-state index contributed by atoms with van der Waals surface area (Å²) in [5, 5.41) is 8.81. The van der Waals surface area contributed by atoms with E-state index in [0.29, 0.717) is 29.7 Å². The first-order chi connectivity index (χ1) is 9.80. The molecule has 2 aromatic heterocycles. The Bertz CT molecular complexity index is 664. The van der Waals surface area contributed by atoms with Crippen LogP contribution in [-0.2, 0) is 0 Å². The predicted molar refractivity (Wildman–Crippen MR) is 68.6 cm³/mol. The molecular formula is C14H11N3O3. The van der Waals surface area contributed by atoms with E-state index in [1.165, 1.54) is 6.20 Å². The Kier molecular flexibility index (Phi) is 3.09. The number of pyridine rings is 2. The fraction of sp³-hybridized carbons (Fsp3) is 0.214. The molecule has 100 valence electrons. The number of hydrogen-bond donors (Lipinski definition) is 0. The second-order valence-electron chi connectivity index (χ2n) is 4.19. The molecule has 1 aliphatic heterocycles. The number of methoxy groups -OCH3 is 1. The molecule has 0 bridgehead atoms. The van der Waals surface area contributed by atoms with Crippen molar-refractivity contribution in [3.05, 3.63) is 41.7 Å². The van der Waals surface area contributed by atoms with Gasteiger partial charge in [0.05, 0.1) is 12.7 Å². The number of fused-ring (bicyclic) bond motifs is 1. The highest BCUT2D eigenvalue weighted by atomic mass is 16.6. The van der Waals surface area contributed by atoms with Gasteiger partial charge >= 0.3 is 0 Å². The predicted octanol–water partition coefficient (Wildman–Crippen LogP) is 1.87. The topological polar surface area (TPSA) is 77.3 Å². The third-order valence-electron chi connectivity index (χ3n) is 2.93. The first-order valence-electron chi connectivity index (χ1n) is 5.99. The second kappa shape index (κ2) is 5.05. The standard InChI is InChI=1S/C14H11N3O3/c1-18-13-3-2-10(7-16-13)12-8-19-11-4-9(5-15)6-17-14(11)20-12/h2-4,6-7,12H,8H2,1H3/t12-/m1/s1. The molecule has 0 radical (unpaired) electrons. The average molecular weight is 269 g/mol. The maximum atomic E-state index is 8.81. The molecular weight excluding hydrogens is 258 g/mol. The molecule has 0 aromatic carbocycles. The van der Waals surface area contributed by atoms with Gasteiger partial charge in [-0.25, -0.2) is 9.97 Å². The minimum Gasteiger partial charge on any atom is -0.484 e. The van der Waals surface area contributed by atoms with Gasteiger partial charge in [-0.1, -0.05) is 0 Å². The zero-order chi connectivity index (χ0) is 13.9. The van der Waals surface area contributed by atoms with E-state index in [1.807, 2.05) is 12.1 Å². The number of nitriles is 1. The Morgan fingerprint density at radius 2 is 2.25 bits per heavy atom. The summed E-state index contributed by atoms with van der Waals surface area (Å²) in [6.45, 7) is 0.345. The van der Waals surface area contributed by atoms with Crippen LogP contribution in [0.3, 0.4) is 0 Å². The fourth-order valence-corrected chi connectivity index (χ4v) is 1.89. The first-order valence-corrected chi connectivity index (χ1v) is 5.99. The smallest absolute Gasteiger partial charge is 0.257 e. The van der Waals surface area contributed by atoms with Gasteiger partial charge in [-0.2, -0.15) is 5.26 Å². The summed E-state index contributed by atoms with van der Waals surface area (Å²) < 4.78 is 16.4. The van der Waals surface area contributed by atoms with Gasteiger partial charge in [0, 0.05) is 30.1 Å². The van der Waals surface area contributed by atoms with Crippen molar-refractivity contribution in [1.29, 1.82) is 5.26 Å². The zero-order valence-corrected chi connectivity index (χ0v) is 10.7. The van der Waals surface area contributed by atoms with Gasteiger partial charge in [-0.15, -0.1) is 0 Å². The van der Waals surface area contributed by atoms with Crippen LogP contribution < -0.4 is 14.2 Å². The third kappa shape index (κ3) is 2.21. The molecule has 0 unspecified atom stereocenters. The summed E-state index contributed by atoms with van der Waals surface area (Å²) in [6.07, 6.45) is 2.86. The van der Waals surface area contributed by atoms with E-state index in [1.54, 1.807) is 25.4 Å². The first kappa shape index (κ1) is 12.2. The monoisotopic (exact) mass is 269 g/mol. The molecule has 0 saturated heterocycles. The van der Waals surface area contributed by atoms with Crippen molar-refractivity contribution in [2.24, 2.45) is 0 Å². The van der Waals surface area contributed by atoms with Crippen molar-refractivity contribution < 1.29 is 14.2 Å². The normalized spacial score (nSPS) is 16.3. The lowest BCUT2D eigenvalue weighted by molar-refractivity contribution is 0.0847. The number of nitrogens with zero attached hydrogens (tertiary/aromatic N) is 3. The molecule has 6 heteroatoms. The van der Waals surface area contributed by atoms with Crippen molar-refractivity contribution >= 4 is 0 Å². The van der Waals surface area contributed by atoms with Crippen LogP contribution in [0.2, 0.25) is 0 Å². The molecule has 3 rings (SSSR count). The molecule has 0 aliphatic carbocycles. The van der Waals surface area contributed by atoms with E-state index in [2.05, 4.69) is 9.97 Å². The summed E-state index contributed by atoms with van der Waals surface area (Å²) in [5.41, 5.74) is 1.32. The molecule has 0 spiro atoms. The molecule has 0 N–H and O–H groups in total. The van der Waals surface area contributed by atoms with E-state index in [-0.39, 0.29) is 6.10 Å². The molecule has 0 fully saturated rings. The number of hydrogen-bond acceptors (Lipinski definition) is 6. The van der Waals surface area contributed by atoms with Crippen LogP contribution in [0, 0.1) is 11.3 Å². The largest absolute Gasteiger partial charge is 0.484 e. The lowest BCUT2D eigenvalue weighted by atomic mass is 10.1. The van der Waals surface area contributed by atoms with Crippen LogP contribution in [0.5, 0.6) is 17.5 Å². The van der Waals surface area contributed by atoms with Crippen LogP contribution in [0.1, 0.15) is 17.2 Å². The van der Waals surface area contributed by atoms with Gasteiger partial charge in [0.15, 0.2) is 11.9 Å². The molecule has 6 nitrogen and oxygen atoms in total. The summed E-state index contributed by atoms with van der Waals surface area (Å²) in [5.74, 6) is 1.42. The van der Waals surface area contributed by atoms with Crippen LogP contribution >= 0.6 is 0 Å². The van der Waals surface area contributed by atoms with Crippen molar-refractivity contribution in [3.63, 3.8) is 0 Å². The quantitative estimate of drug-likeness (QED) is 0.828. The second-order valence-corrected chi connectivity index (χ2v) is 4.19. The van der Waals surface area contributed by atoms with Gasteiger partial charge in [-0.3, -0.25) is 0 Å². The highest BCUT2D eigenvalue weighted by Gasteiger charge is 2.24. The number of ether oxygens (including phenoxy) is 3. The lowest BCUT2D eigenvalue weighted by Gasteiger charge is -2.25. The Morgan fingerprint density at radius 3 is 2.95 bits per heavy atom. The van der Waals surface area contributed by atoms with Crippen molar-refractivity contribution in [2.75, 3.05) is 13.7 Å². The van der Waals surface area contributed by atoms with E-state index < -0.39 is 0 Å². The van der Waals surface area contributed by atoms with Gasteiger partial charge in [0.2, 0.25) is 5.88 Å². The summed E-state index contributed by atoms with van der Waals surface area (Å²) in [6, 6.07) is 7.26. The molecule has 0 saturated carbocycles. The van der Waals surface area contributed by atoms with Crippen molar-refractivity contribution in [3.8, 4) is 23.6 Å². The molecule has 1 atom stereocenters. The van der Waals surface area contributed by atoms with Crippen LogP contribution in [0.15, 0.2) is 30.6 Å². The molecule has 20 heavy (non-hydrogen) atoms. The molecule has 0 amide bonds. The van der Waals surface area contributed by atoms with Gasteiger partial charge in [0.25, 0.3) is 5.88 Å². The fourth-order valence-electron chi connectivity index (χ4n) is 1.89. The van der Waals surface area contributed by atoms with E-state index >= 15 is 0 Å². The maximum absolute atomic E-state index is 8.81. The van der Waals surface area contributed by atoms with Crippen LogP contribution in [-0.4, -0.2) is 23.7 Å². The van der Waals surface area contributed by atoms with Gasteiger partial charge in [0.1, 0.15) is 12.7 Å². The van der Waals surface area contributed by atoms with Crippen molar-refractivity contribution in [2.45, 2.75) is 6.10 Å². The Morgan fingerprint density at radius 1 is 1.35 bits per heavy atom. The maximum Gasteiger partial charge on any atom is 0.257 e. The highest BCUT2D eigenvalue weighted by Crippen LogP contribution is 2.34. The van der Waals surface area contributed by atoms with Gasteiger partial charge < -0.3 is 14.2 Å². The minimum absolute atomic E-state index is 0.277. The Hall–Kier alpha value is -2.81. The highest BCUT2D eigenvalue weighted by molar-refractivity contribution is 5.42. The Labute approximate surface area is 115 Å².